The van der Waals surface area contributed by atoms with Crippen molar-refractivity contribution in [3.63, 3.8) is 0 Å². The Kier molecular flexibility index (Phi) is 8.53. The zero-order chi connectivity index (χ0) is 24.7. The molecule has 0 saturated heterocycles. The van der Waals surface area contributed by atoms with E-state index in [2.05, 4.69) is 32.9 Å². The van der Waals surface area contributed by atoms with Crippen LogP contribution in [0, 0.1) is 0 Å². The first-order valence-corrected chi connectivity index (χ1v) is 11.8. The van der Waals surface area contributed by atoms with Crippen molar-refractivity contribution in [2.24, 2.45) is 0 Å². The highest BCUT2D eigenvalue weighted by Gasteiger charge is 2.15. The number of anilines is 2. The lowest BCUT2D eigenvalue weighted by Crippen LogP contribution is -2.33. The molecule has 1 unspecified atom stereocenters. The van der Waals surface area contributed by atoms with E-state index in [9.17, 15) is 5.11 Å². The first-order chi connectivity index (χ1) is 16.1. The lowest BCUT2D eigenvalue weighted by Gasteiger charge is -2.23. The second kappa shape index (κ2) is 11.4. The maximum Gasteiger partial charge on any atom is 0.269 e. The Balaban J connectivity index is 1.55. The van der Waals surface area contributed by atoms with Gasteiger partial charge in [0.15, 0.2) is 0 Å². The van der Waals surface area contributed by atoms with Crippen molar-refractivity contribution in [1.82, 2.24) is 0 Å². The van der Waals surface area contributed by atoms with E-state index in [-0.39, 0.29) is 12.0 Å². The molecule has 0 aliphatic carbocycles. The van der Waals surface area contributed by atoms with E-state index < -0.39 is 6.10 Å². The molecule has 5 nitrogen and oxygen atoms in total. The van der Waals surface area contributed by atoms with Crippen LogP contribution in [0.25, 0.3) is 0 Å². The summed E-state index contributed by atoms with van der Waals surface area (Å²) in [5.41, 5.74) is 3.21. The molecule has 3 rings (SSSR count). The Morgan fingerprint density at radius 1 is 0.882 bits per heavy atom. The number of para-hydroxylation sites is 1. The minimum atomic E-state index is -0.632. The molecular weight excluding hydrogens is 444 g/mol. The lowest BCUT2D eigenvalue weighted by atomic mass is 9.87. The third-order valence-electron chi connectivity index (χ3n) is 5.53. The summed E-state index contributed by atoms with van der Waals surface area (Å²) in [7, 11) is 3.81. The highest BCUT2D eigenvalue weighted by atomic mass is 32.1. The average molecular weight is 479 g/mol. The first kappa shape index (κ1) is 25.5. The molecule has 3 aromatic rings. The minimum Gasteiger partial charge on any atom is -0.491 e. The first-order valence-electron chi connectivity index (χ1n) is 11.4. The maximum atomic E-state index is 10.4. The number of aliphatic hydroxyl groups is 1. The molecule has 1 atom stereocenters. The average Bonchev–Trinajstić information content (AvgIpc) is 2.82. The second-order valence-electron chi connectivity index (χ2n) is 9.38. The van der Waals surface area contributed by atoms with Gasteiger partial charge >= 0.3 is 0 Å². The zero-order valence-electron chi connectivity index (χ0n) is 20.6. The molecule has 0 spiro atoms. The van der Waals surface area contributed by atoms with Crippen LogP contribution < -0.4 is 19.3 Å². The predicted octanol–water partition coefficient (Wildman–Crippen LogP) is 5.66. The Hall–Kier alpha value is -3.09. The molecule has 0 aliphatic rings. The van der Waals surface area contributed by atoms with Gasteiger partial charge in [-0.2, -0.15) is 0 Å². The van der Waals surface area contributed by atoms with Gasteiger partial charge in [-0.1, -0.05) is 57.2 Å². The van der Waals surface area contributed by atoms with E-state index in [1.165, 1.54) is 5.56 Å². The molecular formula is C28H34N2O3S. The normalized spacial score (nSPS) is 12.1. The van der Waals surface area contributed by atoms with E-state index in [1.807, 2.05) is 85.7 Å². The van der Waals surface area contributed by atoms with Gasteiger partial charge in [-0.05, 0) is 59.6 Å². The van der Waals surface area contributed by atoms with Gasteiger partial charge in [0, 0.05) is 38.1 Å². The van der Waals surface area contributed by atoms with Crippen molar-refractivity contribution in [3.8, 4) is 11.5 Å². The number of likely N-dealkylation sites (N-methyl/N-ethyl adjacent to an activating group) is 1. The molecule has 0 heterocycles. The van der Waals surface area contributed by atoms with Gasteiger partial charge in [-0.3, -0.25) is 0 Å². The van der Waals surface area contributed by atoms with Gasteiger partial charge < -0.3 is 24.4 Å². The SMILES string of the molecule is CN(CC(O)COc1cccc(N(C)C(=S)Oc2ccc(C(C)(C)C)cc2)c1)c1ccccc1. The third kappa shape index (κ3) is 7.20. The van der Waals surface area contributed by atoms with Crippen LogP contribution in [-0.4, -0.2) is 43.6 Å². The van der Waals surface area contributed by atoms with Crippen LogP contribution in [0.1, 0.15) is 26.3 Å². The number of nitrogens with zero attached hydrogens (tertiary/aromatic N) is 2. The fraction of sp³-hybridized carbons (Fsp3) is 0.321. The Bertz CT molecular complexity index is 1070. The van der Waals surface area contributed by atoms with Gasteiger partial charge in [0.1, 0.15) is 24.2 Å². The molecule has 3 aromatic carbocycles. The summed E-state index contributed by atoms with van der Waals surface area (Å²) in [6, 6.07) is 25.5. The predicted molar refractivity (Wildman–Crippen MR) is 144 cm³/mol. The summed E-state index contributed by atoms with van der Waals surface area (Å²) in [6.45, 7) is 7.19. The maximum absolute atomic E-state index is 10.4. The van der Waals surface area contributed by atoms with E-state index >= 15 is 0 Å². The Morgan fingerprint density at radius 2 is 1.53 bits per heavy atom. The highest BCUT2D eigenvalue weighted by Crippen LogP contribution is 2.26. The topological polar surface area (TPSA) is 45.2 Å². The van der Waals surface area contributed by atoms with Gasteiger partial charge in [-0.25, -0.2) is 0 Å². The molecule has 0 amide bonds. The summed E-state index contributed by atoms with van der Waals surface area (Å²) in [5, 5.41) is 10.8. The van der Waals surface area contributed by atoms with E-state index in [0.29, 0.717) is 23.2 Å². The zero-order valence-corrected chi connectivity index (χ0v) is 21.4. The summed E-state index contributed by atoms with van der Waals surface area (Å²) >= 11 is 5.51. The lowest BCUT2D eigenvalue weighted by molar-refractivity contribution is 0.113. The number of hydrogen-bond donors (Lipinski definition) is 1. The van der Waals surface area contributed by atoms with Crippen molar-refractivity contribution in [1.29, 1.82) is 0 Å². The fourth-order valence-corrected chi connectivity index (χ4v) is 3.63. The molecule has 0 radical (unpaired) electrons. The van der Waals surface area contributed by atoms with Crippen LogP contribution in [0.5, 0.6) is 11.5 Å². The van der Waals surface area contributed by atoms with Crippen LogP contribution in [-0.2, 0) is 5.41 Å². The second-order valence-corrected chi connectivity index (χ2v) is 9.73. The number of thiocarbonyl (C=S) groups is 1. The van der Waals surface area contributed by atoms with Crippen LogP contribution >= 0.6 is 12.2 Å². The van der Waals surface area contributed by atoms with Gasteiger partial charge in [-0.15, -0.1) is 0 Å². The van der Waals surface area contributed by atoms with Gasteiger partial charge in [0.05, 0.1) is 0 Å². The summed E-state index contributed by atoms with van der Waals surface area (Å²) in [5.74, 6) is 1.35. The molecule has 0 bridgehead atoms. The third-order valence-corrected chi connectivity index (χ3v) is 5.89. The minimum absolute atomic E-state index is 0.0841. The standard InChI is InChI=1S/C28H34N2O3S/c1-28(2,3)21-14-16-25(17-15-21)33-27(34)30(5)23-12-9-13-26(18-23)32-20-24(31)19-29(4)22-10-7-6-8-11-22/h6-18,24,31H,19-20H2,1-5H3. The summed E-state index contributed by atoms with van der Waals surface area (Å²) < 4.78 is 11.7. The summed E-state index contributed by atoms with van der Waals surface area (Å²) in [6.07, 6.45) is -0.632. The molecule has 180 valence electrons. The van der Waals surface area contributed by atoms with Crippen molar-refractivity contribution in [2.75, 3.05) is 37.0 Å². The molecule has 1 N–H and O–H groups in total. The number of rotatable bonds is 8. The molecule has 34 heavy (non-hydrogen) atoms. The number of ether oxygens (including phenoxy) is 2. The van der Waals surface area contributed by atoms with E-state index in [0.717, 1.165) is 11.4 Å². The van der Waals surface area contributed by atoms with Crippen molar-refractivity contribution < 1.29 is 14.6 Å². The summed E-state index contributed by atoms with van der Waals surface area (Å²) in [4.78, 5) is 3.79. The molecule has 0 saturated carbocycles. The van der Waals surface area contributed by atoms with Crippen LogP contribution in [0.2, 0.25) is 0 Å². The van der Waals surface area contributed by atoms with E-state index in [1.54, 1.807) is 4.90 Å². The van der Waals surface area contributed by atoms with E-state index in [4.69, 9.17) is 21.7 Å². The van der Waals surface area contributed by atoms with Gasteiger partial charge in [0.2, 0.25) is 0 Å². The number of benzene rings is 3. The van der Waals surface area contributed by atoms with Crippen LogP contribution in [0.4, 0.5) is 11.4 Å². The molecule has 6 heteroatoms. The number of aliphatic hydroxyl groups excluding tert-OH is 1. The van der Waals surface area contributed by atoms with Crippen LogP contribution in [0.15, 0.2) is 78.9 Å². The molecule has 0 aromatic heterocycles. The smallest absolute Gasteiger partial charge is 0.269 e. The molecule has 0 aliphatic heterocycles. The van der Waals surface area contributed by atoms with Crippen LogP contribution in [0.3, 0.4) is 0 Å². The monoisotopic (exact) mass is 478 g/mol. The van der Waals surface area contributed by atoms with Crippen molar-refractivity contribution >= 4 is 28.8 Å². The largest absolute Gasteiger partial charge is 0.491 e. The van der Waals surface area contributed by atoms with Crippen molar-refractivity contribution in [3.05, 3.63) is 84.4 Å². The quantitative estimate of drug-likeness (QED) is 0.422. The highest BCUT2D eigenvalue weighted by molar-refractivity contribution is 7.80. The fourth-order valence-electron chi connectivity index (χ4n) is 3.43. The van der Waals surface area contributed by atoms with Crippen molar-refractivity contribution in [2.45, 2.75) is 32.3 Å². The van der Waals surface area contributed by atoms with Gasteiger partial charge in [0.25, 0.3) is 5.17 Å². The Morgan fingerprint density at radius 3 is 2.18 bits per heavy atom. The molecule has 0 fully saturated rings. The Labute approximate surface area is 208 Å². The number of hydrogen-bond acceptors (Lipinski definition) is 5.